The number of H-pyrrole nitrogens is 1. The minimum Gasteiger partial charge on any atom is -0.318 e. The highest BCUT2D eigenvalue weighted by molar-refractivity contribution is 6.31. The van der Waals surface area contributed by atoms with Crippen molar-refractivity contribution in [3.8, 4) is 0 Å². The van der Waals surface area contributed by atoms with Crippen LogP contribution in [-0.4, -0.2) is 16.5 Å². The maximum absolute atomic E-state index is 5.91. The molecule has 1 aliphatic heterocycles. The van der Waals surface area contributed by atoms with Gasteiger partial charge in [0, 0.05) is 0 Å². The highest BCUT2D eigenvalue weighted by Crippen LogP contribution is 2.34. The summed E-state index contributed by atoms with van der Waals surface area (Å²) in [6, 6.07) is 0. The molecule has 5 heteroatoms. The number of aryl methyl sites for hydroxylation is 1. The number of nitrogens with zero attached hydrogens (tertiary/aromatic N) is 1. The summed E-state index contributed by atoms with van der Waals surface area (Å²) in [5.41, 5.74) is 1.46. The van der Waals surface area contributed by atoms with Gasteiger partial charge in [-0.15, -0.1) is 0 Å². The van der Waals surface area contributed by atoms with Crippen molar-refractivity contribution >= 4 is 11.6 Å². The molecule has 1 aliphatic rings. The number of nitrogens with one attached hydrogen (secondary N) is 1. The molecule has 66 valence electrons. The van der Waals surface area contributed by atoms with E-state index in [9.17, 15) is 0 Å². The molecule has 0 aromatic carbocycles. The predicted octanol–water partition coefficient (Wildman–Crippen LogP) is 1.76. The first-order valence-electron chi connectivity index (χ1n) is 3.70. The summed E-state index contributed by atoms with van der Waals surface area (Å²) >= 11 is 5.91. The van der Waals surface area contributed by atoms with Crippen LogP contribution < -0.4 is 0 Å². The van der Waals surface area contributed by atoms with E-state index in [2.05, 4.69) is 10.2 Å². The first-order chi connectivity index (χ1) is 5.68. The van der Waals surface area contributed by atoms with Crippen LogP contribution >= 0.6 is 11.6 Å². The Labute approximate surface area is 74.8 Å². The number of aromatic amines is 1. The molecule has 0 amide bonds. The fourth-order valence-corrected chi connectivity index (χ4v) is 1.25. The van der Waals surface area contributed by atoms with Gasteiger partial charge in [-0.1, -0.05) is 11.6 Å². The van der Waals surface area contributed by atoms with E-state index >= 15 is 0 Å². The van der Waals surface area contributed by atoms with Gasteiger partial charge in [-0.3, -0.25) is 5.10 Å². The first kappa shape index (κ1) is 8.04. The van der Waals surface area contributed by atoms with Crippen LogP contribution in [0.4, 0.5) is 0 Å². The van der Waals surface area contributed by atoms with Crippen LogP contribution in [0.3, 0.4) is 0 Å². The maximum atomic E-state index is 5.91. The van der Waals surface area contributed by atoms with Crippen LogP contribution in [0, 0.1) is 6.92 Å². The molecule has 0 bridgehead atoms. The Morgan fingerprint density at radius 3 is 2.58 bits per heavy atom. The number of aromatic nitrogens is 2. The fourth-order valence-electron chi connectivity index (χ4n) is 1.08. The average molecular weight is 189 g/mol. The van der Waals surface area contributed by atoms with E-state index in [1.807, 2.05) is 13.8 Å². The SMILES string of the molecule is Cc1[nH]nc(C2OC(C)O2)c1Cl. The molecule has 1 saturated heterocycles. The van der Waals surface area contributed by atoms with Crippen molar-refractivity contribution in [3.05, 3.63) is 16.4 Å². The molecule has 0 atom stereocenters. The van der Waals surface area contributed by atoms with Crippen molar-refractivity contribution in [1.82, 2.24) is 10.2 Å². The second-order valence-electron chi connectivity index (χ2n) is 2.72. The molecular formula is C7H9ClN2O2. The third-order valence-corrected chi connectivity index (χ3v) is 2.23. The molecule has 1 fully saturated rings. The summed E-state index contributed by atoms with van der Waals surface area (Å²) in [6.07, 6.45) is -0.541. The summed E-state index contributed by atoms with van der Waals surface area (Å²) in [6.45, 7) is 3.67. The zero-order valence-corrected chi connectivity index (χ0v) is 7.55. The monoisotopic (exact) mass is 188 g/mol. The van der Waals surface area contributed by atoms with Gasteiger partial charge in [0.1, 0.15) is 5.69 Å². The van der Waals surface area contributed by atoms with Gasteiger partial charge < -0.3 is 9.47 Å². The molecule has 1 aromatic rings. The van der Waals surface area contributed by atoms with Crippen LogP contribution in [0.5, 0.6) is 0 Å². The summed E-state index contributed by atoms with van der Waals surface area (Å²) < 4.78 is 10.5. The number of hydrogen-bond donors (Lipinski definition) is 1. The molecule has 1 N–H and O–H groups in total. The molecule has 0 saturated carbocycles. The van der Waals surface area contributed by atoms with Crippen molar-refractivity contribution < 1.29 is 9.47 Å². The zero-order valence-electron chi connectivity index (χ0n) is 6.80. The molecule has 0 aliphatic carbocycles. The predicted molar refractivity (Wildman–Crippen MR) is 42.7 cm³/mol. The standard InChI is InChI=1S/C7H9ClN2O2/c1-3-5(8)6(10-9-3)7-11-4(2)12-7/h4,7H,1-2H3,(H,9,10). The minimum atomic E-state index is -0.391. The van der Waals surface area contributed by atoms with Gasteiger partial charge in [0.05, 0.1) is 10.7 Å². The smallest absolute Gasteiger partial charge is 0.209 e. The third kappa shape index (κ3) is 1.12. The number of ether oxygens (including phenoxy) is 2. The largest absolute Gasteiger partial charge is 0.318 e. The summed E-state index contributed by atoms with van der Waals surface area (Å²) in [4.78, 5) is 0. The lowest BCUT2D eigenvalue weighted by Crippen LogP contribution is -2.32. The van der Waals surface area contributed by atoms with Gasteiger partial charge >= 0.3 is 0 Å². The molecule has 12 heavy (non-hydrogen) atoms. The Hall–Kier alpha value is -0.580. The van der Waals surface area contributed by atoms with Crippen LogP contribution in [0.2, 0.25) is 5.02 Å². The van der Waals surface area contributed by atoms with E-state index in [1.165, 1.54) is 0 Å². The second-order valence-corrected chi connectivity index (χ2v) is 3.10. The third-order valence-electron chi connectivity index (χ3n) is 1.75. The number of hydrogen-bond acceptors (Lipinski definition) is 3. The average Bonchev–Trinajstić information content (AvgIpc) is 2.28. The van der Waals surface area contributed by atoms with Crippen LogP contribution in [0.25, 0.3) is 0 Å². The van der Waals surface area contributed by atoms with Gasteiger partial charge in [0.25, 0.3) is 0 Å². The van der Waals surface area contributed by atoms with Crippen molar-refractivity contribution in [2.45, 2.75) is 26.4 Å². The lowest BCUT2D eigenvalue weighted by atomic mass is 10.3. The lowest BCUT2D eigenvalue weighted by molar-refractivity contribution is -0.383. The van der Waals surface area contributed by atoms with Gasteiger partial charge in [-0.2, -0.15) is 5.10 Å². The van der Waals surface area contributed by atoms with Crippen molar-refractivity contribution in [2.75, 3.05) is 0 Å². The van der Waals surface area contributed by atoms with Crippen LogP contribution in [0.15, 0.2) is 0 Å². The van der Waals surface area contributed by atoms with Crippen LogP contribution in [-0.2, 0) is 9.47 Å². The van der Waals surface area contributed by atoms with Crippen molar-refractivity contribution in [3.63, 3.8) is 0 Å². The normalized spacial score (nSPS) is 28.6. The quantitative estimate of drug-likeness (QED) is 0.731. The Morgan fingerprint density at radius 1 is 1.50 bits per heavy atom. The highest BCUT2D eigenvalue weighted by Gasteiger charge is 2.32. The van der Waals surface area contributed by atoms with Crippen molar-refractivity contribution in [1.29, 1.82) is 0 Å². The molecule has 1 aromatic heterocycles. The van der Waals surface area contributed by atoms with Gasteiger partial charge in [0.15, 0.2) is 6.29 Å². The highest BCUT2D eigenvalue weighted by atomic mass is 35.5. The van der Waals surface area contributed by atoms with E-state index < -0.39 is 6.29 Å². The summed E-state index contributed by atoms with van der Waals surface area (Å²) in [5, 5.41) is 7.31. The molecule has 0 unspecified atom stereocenters. The first-order valence-corrected chi connectivity index (χ1v) is 4.07. The number of rotatable bonds is 1. The molecule has 4 nitrogen and oxygen atoms in total. The van der Waals surface area contributed by atoms with Gasteiger partial charge in [-0.05, 0) is 13.8 Å². The minimum absolute atomic E-state index is 0.150. The zero-order chi connectivity index (χ0) is 8.72. The molecule has 0 radical (unpaired) electrons. The molecule has 2 rings (SSSR count). The molecule has 2 heterocycles. The summed E-state index contributed by atoms with van der Waals surface area (Å²) in [5.74, 6) is 0. The number of halogens is 1. The Kier molecular flexibility index (Phi) is 1.83. The van der Waals surface area contributed by atoms with Gasteiger partial charge in [-0.25, -0.2) is 0 Å². The fraction of sp³-hybridized carbons (Fsp3) is 0.571. The topological polar surface area (TPSA) is 47.1 Å². The van der Waals surface area contributed by atoms with E-state index in [0.717, 1.165) is 5.69 Å². The Balaban J connectivity index is 2.18. The molecular weight excluding hydrogens is 180 g/mol. The van der Waals surface area contributed by atoms with E-state index in [1.54, 1.807) is 0 Å². The van der Waals surface area contributed by atoms with Crippen molar-refractivity contribution in [2.24, 2.45) is 0 Å². The maximum Gasteiger partial charge on any atom is 0.209 e. The van der Waals surface area contributed by atoms with Gasteiger partial charge in [0.2, 0.25) is 6.29 Å². The Morgan fingerprint density at radius 2 is 2.17 bits per heavy atom. The van der Waals surface area contributed by atoms with E-state index in [4.69, 9.17) is 21.1 Å². The molecule has 0 spiro atoms. The summed E-state index contributed by atoms with van der Waals surface area (Å²) in [7, 11) is 0. The second kappa shape index (κ2) is 2.73. The van der Waals surface area contributed by atoms with Crippen LogP contribution in [0.1, 0.15) is 24.6 Å². The van der Waals surface area contributed by atoms with E-state index in [-0.39, 0.29) is 6.29 Å². The van der Waals surface area contributed by atoms with E-state index in [0.29, 0.717) is 10.7 Å². The Bertz CT molecular complexity index is 294. The lowest BCUT2D eigenvalue weighted by Gasteiger charge is -2.32.